The van der Waals surface area contributed by atoms with Gasteiger partial charge in [-0.15, -0.1) is 5.10 Å². The maximum atomic E-state index is 13.1. The highest BCUT2D eigenvalue weighted by Crippen LogP contribution is 2.30. The first-order valence-corrected chi connectivity index (χ1v) is 11.1. The first kappa shape index (κ1) is 21.6. The highest BCUT2D eigenvalue weighted by atomic mass is 16.1. The summed E-state index contributed by atoms with van der Waals surface area (Å²) in [5.41, 5.74) is 5.97. The van der Waals surface area contributed by atoms with Crippen LogP contribution in [-0.2, 0) is 26.3 Å². The van der Waals surface area contributed by atoms with E-state index in [9.17, 15) is 4.79 Å². The fourth-order valence-corrected chi connectivity index (χ4v) is 4.01. The maximum absolute atomic E-state index is 13.1. The summed E-state index contributed by atoms with van der Waals surface area (Å²) >= 11 is 0. The monoisotopic (exact) mass is 428 g/mol. The molecule has 4 rings (SSSR count). The van der Waals surface area contributed by atoms with Crippen molar-refractivity contribution in [2.24, 2.45) is 7.05 Å². The van der Waals surface area contributed by atoms with Crippen LogP contribution in [0.4, 0.5) is 0 Å². The van der Waals surface area contributed by atoms with Crippen molar-refractivity contribution in [3.05, 3.63) is 81.5 Å². The van der Waals surface area contributed by atoms with Crippen molar-refractivity contribution in [2.75, 3.05) is 0 Å². The smallest absolute Gasteiger partial charge is 0.257 e. The third kappa shape index (κ3) is 4.37. The van der Waals surface area contributed by atoms with Crippen LogP contribution in [0.5, 0.6) is 0 Å². The van der Waals surface area contributed by atoms with E-state index >= 15 is 0 Å². The van der Waals surface area contributed by atoms with Gasteiger partial charge in [-0.1, -0.05) is 68.8 Å². The predicted octanol–water partition coefficient (Wildman–Crippen LogP) is 4.12. The second-order valence-corrected chi connectivity index (χ2v) is 7.94. The zero-order valence-electron chi connectivity index (χ0n) is 18.8. The van der Waals surface area contributed by atoms with E-state index in [1.165, 1.54) is 0 Å². The number of aromatic nitrogens is 6. The molecular weight excluding hydrogens is 400 g/mol. The molecule has 0 spiro atoms. The van der Waals surface area contributed by atoms with E-state index in [0.717, 1.165) is 65.0 Å². The molecule has 0 atom stereocenters. The van der Waals surface area contributed by atoms with Crippen molar-refractivity contribution < 1.29 is 0 Å². The van der Waals surface area contributed by atoms with Crippen molar-refractivity contribution in [3.63, 3.8) is 0 Å². The topological polar surface area (TPSA) is 89.3 Å². The molecule has 0 saturated carbocycles. The van der Waals surface area contributed by atoms with Gasteiger partial charge in [0, 0.05) is 31.0 Å². The third-order valence-corrected chi connectivity index (χ3v) is 5.82. The number of tetrazole rings is 1. The number of aryl methyl sites for hydroxylation is 2. The molecule has 7 nitrogen and oxygen atoms in total. The van der Waals surface area contributed by atoms with Crippen LogP contribution in [0.15, 0.2) is 53.3 Å². The van der Waals surface area contributed by atoms with E-state index in [2.05, 4.69) is 57.9 Å². The number of hydrogen-bond donors (Lipinski definition) is 1. The first-order valence-electron chi connectivity index (χ1n) is 11.1. The summed E-state index contributed by atoms with van der Waals surface area (Å²) < 4.78 is 1.70. The predicted molar refractivity (Wildman–Crippen MR) is 125 cm³/mol. The molecule has 1 N–H and O–H groups in total. The Hall–Kier alpha value is -3.61. The van der Waals surface area contributed by atoms with Gasteiger partial charge in [0.05, 0.1) is 5.69 Å². The summed E-state index contributed by atoms with van der Waals surface area (Å²) in [6.07, 6.45) is 4.28. The number of aromatic amines is 1. The molecule has 7 heteroatoms. The van der Waals surface area contributed by atoms with E-state index < -0.39 is 0 Å². The first-order chi connectivity index (χ1) is 15.6. The van der Waals surface area contributed by atoms with Gasteiger partial charge in [0.25, 0.3) is 5.56 Å². The lowest BCUT2D eigenvalue weighted by Gasteiger charge is -2.14. The minimum absolute atomic E-state index is 0.0650. The molecule has 2 aromatic heterocycles. The van der Waals surface area contributed by atoms with Gasteiger partial charge < -0.3 is 0 Å². The zero-order chi connectivity index (χ0) is 22.5. The minimum Gasteiger partial charge on any atom is -0.300 e. The van der Waals surface area contributed by atoms with Gasteiger partial charge in [0.15, 0.2) is 5.82 Å². The number of H-pyrrole nitrogens is 1. The Balaban J connectivity index is 1.66. The highest BCUT2D eigenvalue weighted by molar-refractivity contribution is 5.80. The van der Waals surface area contributed by atoms with E-state index in [-0.39, 0.29) is 5.56 Å². The standard InChI is InChI=1S/C25H28N6O/c1-4-6-11-22-21(25(32)31(3)23(5-2)26-22)16-17-12-14-18(15-13-17)19-9-7-8-10-20(19)24-27-29-30-28-24/h7-10,12-15H,4-6,11,16H2,1-3H3,(H,27,28,29,30). The highest BCUT2D eigenvalue weighted by Gasteiger charge is 2.15. The molecule has 0 aliphatic rings. The Morgan fingerprint density at radius 2 is 1.75 bits per heavy atom. The number of rotatable bonds is 8. The van der Waals surface area contributed by atoms with Crippen LogP contribution in [0.3, 0.4) is 0 Å². The Labute approximate surface area is 187 Å². The van der Waals surface area contributed by atoms with Gasteiger partial charge in [0.2, 0.25) is 0 Å². The van der Waals surface area contributed by atoms with Crippen molar-refractivity contribution in [3.8, 4) is 22.5 Å². The van der Waals surface area contributed by atoms with Crippen LogP contribution in [0, 0.1) is 0 Å². The molecule has 0 bridgehead atoms. The summed E-state index contributed by atoms with van der Waals surface area (Å²) in [6, 6.07) is 16.4. The fraction of sp³-hybridized carbons (Fsp3) is 0.320. The molecule has 0 fully saturated rings. The summed E-state index contributed by atoms with van der Waals surface area (Å²) in [6.45, 7) is 4.20. The Kier molecular flexibility index (Phi) is 6.54. The quantitative estimate of drug-likeness (QED) is 0.456. The van der Waals surface area contributed by atoms with Crippen LogP contribution in [-0.4, -0.2) is 30.2 Å². The largest absolute Gasteiger partial charge is 0.300 e. The zero-order valence-corrected chi connectivity index (χ0v) is 18.8. The maximum Gasteiger partial charge on any atom is 0.257 e. The van der Waals surface area contributed by atoms with Gasteiger partial charge >= 0.3 is 0 Å². The SMILES string of the molecule is CCCCc1nc(CC)n(C)c(=O)c1Cc1ccc(-c2ccccc2-c2nnn[nH]2)cc1. The van der Waals surface area contributed by atoms with Crippen LogP contribution >= 0.6 is 0 Å². The van der Waals surface area contributed by atoms with E-state index in [1.54, 1.807) is 4.57 Å². The summed E-state index contributed by atoms with van der Waals surface area (Å²) in [5.74, 6) is 1.48. The Morgan fingerprint density at radius 1 is 1.00 bits per heavy atom. The van der Waals surface area contributed by atoms with E-state index in [1.807, 2.05) is 32.2 Å². The van der Waals surface area contributed by atoms with E-state index in [0.29, 0.717) is 12.2 Å². The molecule has 2 aromatic carbocycles. The lowest BCUT2D eigenvalue weighted by molar-refractivity contribution is 0.682. The van der Waals surface area contributed by atoms with Gasteiger partial charge in [-0.2, -0.15) is 0 Å². The van der Waals surface area contributed by atoms with Crippen LogP contribution < -0.4 is 5.56 Å². The molecule has 2 heterocycles. The van der Waals surface area contributed by atoms with Crippen molar-refractivity contribution in [2.45, 2.75) is 46.0 Å². The van der Waals surface area contributed by atoms with Gasteiger partial charge in [-0.05, 0) is 40.0 Å². The summed E-state index contributed by atoms with van der Waals surface area (Å²) in [7, 11) is 1.82. The molecule has 164 valence electrons. The normalized spacial score (nSPS) is 11.1. The lowest BCUT2D eigenvalue weighted by Crippen LogP contribution is -2.28. The van der Waals surface area contributed by atoms with Gasteiger partial charge in [-0.25, -0.2) is 10.1 Å². The number of benzene rings is 2. The van der Waals surface area contributed by atoms with Crippen molar-refractivity contribution in [1.82, 2.24) is 30.2 Å². The second kappa shape index (κ2) is 9.68. The summed E-state index contributed by atoms with van der Waals surface area (Å²) in [5, 5.41) is 14.3. The van der Waals surface area contributed by atoms with Crippen LogP contribution in [0.25, 0.3) is 22.5 Å². The molecular formula is C25H28N6O. The average Bonchev–Trinajstić information content (AvgIpc) is 3.37. The van der Waals surface area contributed by atoms with E-state index in [4.69, 9.17) is 4.98 Å². The molecule has 0 aliphatic carbocycles. The molecule has 0 saturated heterocycles. The molecule has 0 amide bonds. The Morgan fingerprint density at radius 3 is 2.41 bits per heavy atom. The van der Waals surface area contributed by atoms with Gasteiger partial charge in [-0.3, -0.25) is 9.36 Å². The Bertz CT molecular complexity index is 1240. The third-order valence-electron chi connectivity index (χ3n) is 5.82. The van der Waals surface area contributed by atoms with Crippen molar-refractivity contribution in [1.29, 1.82) is 0 Å². The second-order valence-electron chi connectivity index (χ2n) is 7.94. The molecule has 0 unspecified atom stereocenters. The molecule has 4 aromatic rings. The van der Waals surface area contributed by atoms with Gasteiger partial charge in [0.1, 0.15) is 5.82 Å². The average molecular weight is 429 g/mol. The number of hydrogen-bond acceptors (Lipinski definition) is 5. The summed E-state index contributed by atoms with van der Waals surface area (Å²) in [4.78, 5) is 17.9. The van der Waals surface area contributed by atoms with Crippen LogP contribution in [0.1, 0.15) is 49.3 Å². The molecule has 32 heavy (non-hydrogen) atoms. The number of unbranched alkanes of at least 4 members (excludes halogenated alkanes) is 1. The van der Waals surface area contributed by atoms with Crippen LogP contribution in [0.2, 0.25) is 0 Å². The lowest BCUT2D eigenvalue weighted by atomic mass is 9.96. The molecule has 0 radical (unpaired) electrons. The number of nitrogens with zero attached hydrogens (tertiary/aromatic N) is 5. The van der Waals surface area contributed by atoms with Crippen molar-refractivity contribution >= 4 is 0 Å². The molecule has 0 aliphatic heterocycles. The minimum atomic E-state index is 0.0650. The fourth-order valence-electron chi connectivity index (χ4n) is 4.01. The number of nitrogens with one attached hydrogen (secondary N) is 1.